The van der Waals surface area contributed by atoms with Crippen LogP contribution in [0.25, 0.3) is 0 Å². The lowest BCUT2D eigenvalue weighted by molar-refractivity contribution is -0.130. The number of halogens is 1. The molecule has 3 amide bonds. The number of aryl methyl sites for hydroxylation is 1. The molecule has 6 nitrogen and oxygen atoms in total. The Morgan fingerprint density at radius 1 is 0.806 bits per heavy atom. The first-order valence-electron chi connectivity index (χ1n) is 12.6. The minimum atomic E-state index is -0.245. The summed E-state index contributed by atoms with van der Waals surface area (Å²) in [6.07, 6.45) is 3.36. The summed E-state index contributed by atoms with van der Waals surface area (Å²) < 4.78 is 13.2. The van der Waals surface area contributed by atoms with Crippen molar-refractivity contribution in [1.29, 1.82) is 0 Å². The number of benzene rings is 3. The van der Waals surface area contributed by atoms with Gasteiger partial charge in [-0.15, -0.1) is 0 Å². The van der Waals surface area contributed by atoms with Gasteiger partial charge in [0.1, 0.15) is 5.82 Å². The number of urea groups is 1. The summed E-state index contributed by atoms with van der Waals surface area (Å²) in [5.74, 6) is -0.155. The third-order valence-electron chi connectivity index (χ3n) is 6.99. The molecule has 0 atom stereocenters. The standard InChI is InChI=1S/C29H31FN4O2/c30-24-10-14-26(15-11-24)32-17-19-33(20-18-32)28(35)21-22-8-12-25(13-9-22)31-29(36)34-16-4-3-6-23-5-1-2-7-27(23)34/h1-2,5,7-15H,3-4,6,16-21H2,(H,31,36). The summed E-state index contributed by atoms with van der Waals surface area (Å²) in [6.45, 7) is 3.43. The van der Waals surface area contributed by atoms with Gasteiger partial charge in [-0.3, -0.25) is 9.69 Å². The molecule has 3 aromatic carbocycles. The molecule has 0 aliphatic carbocycles. The molecule has 186 valence electrons. The van der Waals surface area contributed by atoms with Crippen LogP contribution < -0.4 is 15.1 Å². The van der Waals surface area contributed by atoms with Gasteiger partial charge in [-0.2, -0.15) is 0 Å². The molecule has 3 aromatic rings. The van der Waals surface area contributed by atoms with Crippen LogP contribution >= 0.6 is 0 Å². The minimum Gasteiger partial charge on any atom is -0.368 e. The largest absolute Gasteiger partial charge is 0.368 e. The van der Waals surface area contributed by atoms with Crippen LogP contribution in [0.1, 0.15) is 24.0 Å². The predicted molar refractivity (Wildman–Crippen MR) is 141 cm³/mol. The molecule has 0 radical (unpaired) electrons. The fourth-order valence-corrected chi connectivity index (χ4v) is 4.95. The van der Waals surface area contributed by atoms with Crippen LogP contribution in [0.5, 0.6) is 0 Å². The highest BCUT2D eigenvalue weighted by molar-refractivity contribution is 6.02. The highest BCUT2D eigenvalue weighted by atomic mass is 19.1. The normalized spacial score (nSPS) is 15.8. The van der Waals surface area contributed by atoms with Crippen LogP contribution in [0.3, 0.4) is 0 Å². The van der Waals surface area contributed by atoms with Gasteiger partial charge in [0, 0.05) is 49.8 Å². The Bertz CT molecular complexity index is 1200. The highest BCUT2D eigenvalue weighted by Gasteiger charge is 2.23. The van der Waals surface area contributed by atoms with Crippen molar-refractivity contribution in [2.45, 2.75) is 25.7 Å². The summed E-state index contributed by atoms with van der Waals surface area (Å²) in [5.41, 5.74) is 4.79. The quantitative estimate of drug-likeness (QED) is 0.559. The van der Waals surface area contributed by atoms with Gasteiger partial charge in [0.2, 0.25) is 5.91 Å². The molecule has 0 unspecified atom stereocenters. The Balaban J connectivity index is 1.14. The average Bonchev–Trinajstić information content (AvgIpc) is 3.13. The zero-order chi connectivity index (χ0) is 24.9. The number of carbonyl (C=O) groups excluding carboxylic acids is 2. The van der Waals surface area contributed by atoms with Gasteiger partial charge in [0.15, 0.2) is 0 Å². The number of hydrogen-bond donors (Lipinski definition) is 1. The first kappa shape index (κ1) is 23.9. The molecule has 0 saturated carbocycles. The van der Waals surface area contributed by atoms with Crippen LogP contribution in [0.15, 0.2) is 72.8 Å². The van der Waals surface area contributed by atoms with E-state index in [1.54, 1.807) is 12.1 Å². The molecule has 7 heteroatoms. The van der Waals surface area contributed by atoms with E-state index in [0.29, 0.717) is 31.7 Å². The van der Waals surface area contributed by atoms with Crippen molar-refractivity contribution in [3.05, 3.63) is 89.7 Å². The fourth-order valence-electron chi connectivity index (χ4n) is 4.95. The number of nitrogens with zero attached hydrogens (tertiary/aromatic N) is 3. The Morgan fingerprint density at radius 3 is 2.28 bits per heavy atom. The van der Waals surface area contributed by atoms with Crippen LogP contribution in [0.4, 0.5) is 26.2 Å². The predicted octanol–water partition coefficient (Wildman–Crippen LogP) is 5.09. The summed E-state index contributed by atoms with van der Waals surface area (Å²) in [6, 6.07) is 22.0. The van der Waals surface area contributed by atoms with E-state index in [4.69, 9.17) is 0 Å². The van der Waals surface area contributed by atoms with Crippen molar-refractivity contribution in [1.82, 2.24) is 4.90 Å². The number of hydrogen-bond acceptors (Lipinski definition) is 3. The van der Waals surface area contributed by atoms with Crippen LogP contribution in [0, 0.1) is 5.82 Å². The van der Waals surface area contributed by atoms with Gasteiger partial charge < -0.3 is 15.1 Å². The van der Waals surface area contributed by atoms with Crippen LogP contribution in [0.2, 0.25) is 0 Å². The Morgan fingerprint density at radius 2 is 1.53 bits per heavy atom. The molecule has 0 aromatic heterocycles. The topological polar surface area (TPSA) is 55.9 Å². The SMILES string of the molecule is O=C(Cc1ccc(NC(=O)N2CCCCc3ccccc32)cc1)N1CCN(c2ccc(F)cc2)CC1. The Kier molecular flexibility index (Phi) is 7.16. The van der Waals surface area contributed by atoms with Gasteiger partial charge in [0.25, 0.3) is 0 Å². The van der Waals surface area contributed by atoms with E-state index < -0.39 is 0 Å². The maximum atomic E-state index is 13.2. The van der Waals surface area contributed by atoms with E-state index in [0.717, 1.165) is 49.3 Å². The third kappa shape index (κ3) is 5.51. The lowest BCUT2D eigenvalue weighted by Gasteiger charge is -2.36. The van der Waals surface area contributed by atoms with Gasteiger partial charge in [0.05, 0.1) is 6.42 Å². The summed E-state index contributed by atoms with van der Waals surface area (Å²) in [4.78, 5) is 31.8. The Hall–Kier alpha value is -3.87. The number of amides is 3. The van der Waals surface area contributed by atoms with E-state index in [-0.39, 0.29) is 17.8 Å². The van der Waals surface area contributed by atoms with E-state index >= 15 is 0 Å². The van der Waals surface area contributed by atoms with E-state index in [1.165, 1.54) is 17.7 Å². The third-order valence-corrected chi connectivity index (χ3v) is 6.99. The maximum absolute atomic E-state index is 13.2. The Labute approximate surface area is 211 Å². The van der Waals surface area contributed by atoms with Gasteiger partial charge >= 0.3 is 6.03 Å². The van der Waals surface area contributed by atoms with Crippen molar-refractivity contribution < 1.29 is 14.0 Å². The van der Waals surface area contributed by atoms with Crippen molar-refractivity contribution in [3.8, 4) is 0 Å². The molecular formula is C29H31FN4O2. The summed E-state index contributed by atoms with van der Waals surface area (Å²) >= 11 is 0. The van der Waals surface area contributed by atoms with Crippen molar-refractivity contribution in [3.63, 3.8) is 0 Å². The maximum Gasteiger partial charge on any atom is 0.326 e. The minimum absolute atomic E-state index is 0.0896. The zero-order valence-electron chi connectivity index (χ0n) is 20.3. The fraction of sp³-hybridized carbons (Fsp3) is 0.310. The van der Waals surface area contributed by atoms with Crippen molar-refractivity contribution in [2.24, 2.45) is 0 Å². The van der Waals surface area contributed by atoms with E-state index in [2.05, 4.69) is 16.3 Å². The number of rotatable bonds is 4. The monoisotopic (exact) mass is 486 g/mol. The number of anilines is 3. The van der Waals surface area contributed by atoms with Crippen LogP contribution in [-0.2, 0) is 17.6 Å². The van der Waals surface area contributed by atoms with Gasteiger partial charge in [-0.25, -0.2) is 9.18 Å². The molecule has 1 fully saturated rings. The zero-order valence-corrected chi connectivity index (χ0v) is 20.3. The molecule has 1 N–H and O–H groups in total. The molecule has 0 spiro atoms. The average molecular weight is 487 g/mol. The second kappa shape index (κ2) is 10.8. The molecule has 2 heterocycles. The second-order valence-electron chi connectivity index (χ2n) is 9.39. The summed E-state index contributed by atoms with van der Waals surface area (Å²) in [5, 5.41) is 3.01. The van der Waals surface area contributed by atoms with Gasteiger partial charge in [-0.1, -0.05) is 30.3 Å². The number of fused-ring (bicyclic) bond motifs is 1. The molecule has 2 aliphatic rings. The number of piperazine rings is 1. The molecule has 2 aliphatic heterocycles. The molecule has 0 bridgehead atoms. The molecule has 1 saturated heterocycles. The van der Waals surface area contributed by atoms with E-state index in [1.807, 2.05) is 52.3 Å². The second-order valence-corrected chi connectivity index (χ2v) is 9.39. The first-order valence-corrected chi connectivity index (χ1v) is 12.6. The van der Waals surface area contributed by atoms with Gasteiger partial charge in [-0.05, 0) is 72.9 Å². The highest BCUT2D eigenvalue weighted by Crippen LogP contribution is 2.27. The smallest absolute Gasteiger partial charge is 0.326 e. The molecule has 5 rings (SSSR count). The molecule has 36 heavy (non-hydrogen) atoms. The van der Waals surface area contributed by atoms with E-state index in [9.17, 15) is 14.0 Å². The summed E-state index contributed by atoms with van der Waals surface area (Å²) in [7, 11) is 0. The first-order chi connectivity index (χ1) is 17.6. The number of carbonyl (C=O) groups is 2. The number of para-hydroxylation sites is 1. The lowest BCUT2D eigenvalue weighted by atomic mass is 10.1. The van der Waals surface area contributed by atoms with Crippen molar-refractivity contribution in [2.75, 3.05) is 47.8 Å². The lowest BCUT2D eigenvalue weighted by Crippen LogP contribution is -2.49. The number of nitrogens with one attached hydrogen (secondary N) is 1. The van der Waals surface area contributed by atoms with Crippen LogP contribution in [-0.4, -0.2) is 49.6 Å². The molecular weight excluding hydrogens is 455 g/mol. The van der Waals surface area contributed by atoms with Crippen molar-refractivity contribution >= 4 is 29.0 Å².